The highest BCUT2D eigenvalue weighted by Crippen LogP contribution is 2.20. The summed E-state index contributed by atoms with van der Waals surface area (Å²) >= 11 is 0. The van der Waals surface area contributed by atoms with Crippen LogP contribution in [0.5, 0.6) is 0 Å². The largest absolute Gasteiger partial charge is 0.338 e. The van der Waals surface area contributed by atoms with Gasteiger partial charge in [0.05, 0.1) is 16.1 Å². The van der Waals surface area contributed by atoms with Gasteiger partial charge in [-0.1, -0.05) is 29.8 Å². The number of hydrogen-bond acceptors (Lipinski definition) is 6. The molecule has 3 rings (SSSR count). The van der Waals surface area contributed by atoms with Gasteiger partial charge in [0, 0.05) is 0 Å². The summed E-state index contributed by atoms with van der Waals surface area (Å²) in [4.78, 5) is 0.148. The van der Waals surface area contributed by atoms with Crippen LogP contribution < -0.4 is 10.0 Å². The average Bonchev–Trinajstić information content (AvgIpc) is 2.64. The smallest absolute Gasteiger partial charge is 0.263 e. The lowest BCUT2D eigenvalue weighted by Crippen LogP contribution is -2.14. The van der Waals surface area contributed by atoms with Crippen molar-refractivity contribution >= 4 is 27.3 Å². The summed E-state index contributed by atoms with van der Waals surface area (Å²) < 4.78 is 27.1. The monoisotopic (exact) mass is 365 g/mol. The second kappa shape index (κ2) is 7.21. The van der Waals surface area contributed by atoms with Crippen molar-refractivity contribution in [2.45, 2.75) is 11.8 Å². The van der Waals surface area contributed by atoms with E-state index in [2.05, 4.69) is 26.3 Å². The highest BCUT2D eigenvalue weighted by Gasteiger charge is 2.14. The van der Waals surface area contributed by atoms with Gasteiger partial charge in [-0.2, -0.15) is 5.26 Å². The Morgan fingerprint density at radius 1 is 0.923 bits per heavy atom. The molecule has 0 saturated carbocycles. The Hall–Kier alpha value is -3.44. The summed E-state index contributed by atoms with van der Waals surface area (Å²) in [6, 6.07) is 18.6. The predicted octanol–water partition coefficient (Wildman–Crippen LogP) is 3.20. The van der Waals surface area contributed by atoms with Crippen LogP contribution in [-0.2, 0) is 10.0 Å². The third-order valence-electron chi connectivity index (χ3n) is 3.55. The summed E-state index contributed by atoms with van der Waals surface area (Å²) in [5.41, 5.74) is 2.03. The van der Waals surface area contributed by atoms with Gasteiger partial charge in [0.1, 0.15) is 6.07 Å². The maximum atomic E-state index is 12.3. The van der Waals surface area contributed by atoms with Crippen LogP contribution >= 0.6 is 0 Å². The first-order valence-electron chi connectivity index (χ1n) is 7.67. The summed E-state index contributed by atoms with van der Waals surface area (Å²) in [5.74, 6) is 0.496. The van der Waals surface area contributed by atoms with Crippen molar-refractivity contribution in [2.24, 2.45) is 0 Å². The van der Waals surface area contributed by atoms with Crippen LogP contribution in [0, 0.1) is 18.3 Å². The molecule has 0 unspecified atom stereocenters. The van der Waals surface area contributed by atoms with E-state index in [1.54, 1.807) is 42.5 Å². The molecule has 3 aromatic rings. The summed E-state index contributed by atoms with van der Waals surface area (Å²) in [6.07, 6.45) is 0. The molecular formula is C18H15N5O2S. The van der Waals surface area contributed by atoms with Gasteiger partial charge in [-0.15, -0.1) is 10.2 Å². The van der Waals surface area contributed by atoms with Crippen molar-refractivity contribution in [3.05, 3.63) is 71.8 Å². The minimum absolute atomic E-state index is 0.102. The van der Waals surface area contributed by atoms with Crippen LogP contribution in [0.1, 0.15) is 11.1 Å². The number of nitriles is 1. The quantitative estimate of drug-likeness (QED) is 0.719. The third kappa shape index (κ3) is 3.96. The maximum absolute atomic E-state index is 12.3. The number of benzene rings is 2. The van der Waals surface area contributed by atoms with Gasteiger partial charge in [0.2, 0.25) is 0 Å². The van der Waals surface area contributed by atoms with Gasteiger partial charge in [-0.3, -0.25) is 4.72 Å². The van der Waals surface area contributed by atoms with Gasteiger partial charge in [0.15, 0.2) is 11.6 Å². The molecule has 0 atom stereocenters. The molecule has 0 saturated heterocycles. The van der Waals surface area contributed by atoms with Gasteiger partial charge in [-0.05, 0) is 43.3 Å². The highest BCUT2D eigenvalue weighted by molar-refractivity contribution is 7.92. The lowest BCUT2D eigenvalue weighted by Gasteiger charge is -2.09. The number of hydrogen-bond donors (Lipinski definition) is 2. The lowest BCUT2D eigenvalue weighted by molar-refractivity contribution is 0.601. The molecule has 0 bridgehead atoms. The maximum Gasteiger partial charge on any atom is 0.263 e. The number of anilines is 3. The van der Waals surface area contributed by atoms with Crippen LogP contribution in [0.15, 0.2) is 65.6 Å². The van der Waals surface area contributed by atoms with Crippen LogP contribution in [0.2, 0.25) is 0 Å². The molecule has 2 aromatic carbocycles. The van der Waals surface area contributed by atoms with Crippen molar-refractivity contribution in [1.29, 1.82) is 5.26 Å². The van der Waals surface area contributed by atoms with Crippen molar-refractivity contribution < 1.29 is 8.42 Å². The van der Waals surface area contributed by atoms with E-state index in [1.807, 2.05) is 6.92 Å². The second-order valence-electron chi connectivity index (χ2n) is 5.50. The van der Waals surface area contributed by atoms with E-state index in [0.717, 1.165) is 5.56 Å². The molecule has 8 heteroatoms. The van der Waals surface area contributed by atoms with Crippen molar-refractivity contribution in [2.75, 3.05) is 10.0 Å². The molecule has 7 nitrogen and oxygen atoms in total. The Balaban J connectivity index is 1.75. The van der Waals surface area contributed by atoms with Gasteiger partial charge < -0.3 is 5.32 Å². The number of para-hydroxylation sites is 1. The fourth-order valence-electron chi connectivity index (χ4n) is 2.19. The van der Waals surface area contributed by atoms with Crippen molar-refractivity contribution in [3.8, 4) is 6.07 Å². The molecule has 0 aliphatic rings. The van der Waals surface area contributed by atoms with Crippen LogP contribution in [0.4, 0.5) is 17.3 Å². The molecule has 0 amide bonds. The van der Waals surface area contributed by atoms with Crippen LogP contribution in [-0.4, -0.2) is 18.6 Å². The number of rotatable bonds is 5. The Bertz CT molecular complexity index is 1060. The van der Waals surface area contributed by atoms with E-state index in [1.165, 1.54) is 18.2 Å². The first kappa shape index (κ1) is 17.4. The number of nitrogens with zero attached hydrogens (tertiary/aromatic N) is 3. The SMILES string of the molecule is Cc1ccc(S(=O)(=O)Nc2ccc(Nc3ccccc3C#N)nn2)cc1. The van der Waals surface area contributed by atoms with E-state index in [0.29, 0.717) is 17.1 Å². The lowest BCUT2D eigenvalue weighted by atomic mass is 10.2. The average molecular weight is 365 g/mol. The summed E-state index contributed by atoms with van der Waals surface area (Å²) in [6.45, 7) is 1.88. The third-order valence-corrected chi connectivity index (χ3v) is 4.92. The van der Waals surface area contributed by atoms with E-state index in [-0.39, 0.29) is 10.7 Å². The molecule has 0 aliphatic carbocycles. The number of aryl methyl sites for hydroxylation is 1. The number of nitrogens with one attached hydrogen (secondary N) is 2. The van der Waals surface area contributed by atoms with Crippen LogP contribution in [0.25, 0.3) is 0 Å². The van der Waals surface area contributed by atoms with Crippen molar-refractivity contribution in [1.82, 2.24) is 10.2 Å². The fraction of sp³-hybridized carbons (Fsp3) is 0.0556. The standard InChI is InChI=1S/C18H15N5O2S/c1-13-6-8-15(9-7-13)26(24,25)23-18-11-10-17(21-22-18)20-16-5-3-2-4-14(16)12-19/h2-11H,1H3,(H,20,21)(H,22,23). The molecule has 2 N–H and O–H groups in total. The van der Waals surface area contributed by atoms with Gasteiger partial charge in [0.25, 0.3) is 10.0 Å². The van der Waals surface area contributed by atoms with E-state index in [4.69, 9.17) is 5.26 Å². The van der Waals surface area contributed by atoms with Gasteiger partial charge >= 0.3 is 0 Å². The zero-order chi connectivity index (χ0) is 18.6. The topological polar surface area (TPSA) is 108 Å². The molecule has 26 heavy (non-hydrogen) atoms. The molecule has 130 valence electrons. The molecule has 0 radical (unpaired) electrons. The Labute approximate surface area is 151 Å². The van der Waals surface area contributed by atoms with Crippen molar-refractivity contribution in [3.63, 3.8) is 0 Å². The second-order valence-corrected chi connectivity index (χ2v) is 7.19. The predicted molar refractivity (Wildman–Crippen MR) is 98.5 cm³/mol. The molecular weight excluding hydrogens is 350 g/mol. The van der Waals surface area contributed by atoms with Gasteiger partial charge in [-0.25, -0.2) is 8.42 Å². The van der Waals surface area contributed by atoms with E-state index >= 15 is 0 Å². The zero-order valence-corrected chi connectivity index (χ0v) is 14.7. The molecule has 1 heterocycles. The Kier molecular flexibility index (Phi) is 4.82. The Morgan fingerprint density at radius 3 is 2.23 bits per heavy atom. The zero-order valence-electron chi connectivity index (χ0n) is 13.8. The number of aromatic nitrogens is 2. The first-order valence-corrected chi connectivity index (χ1v) is 9.15. The van der Waals surface area contributed by atoms with E-state index < -0.39 is 10.0 Å². The minimum atomic E-state index is -3.73. The first-order chi connectivity index (χ1) is 12.5. The molecule has 0 spiro atoms. The normalized spacial score (nSPS) is 10.8. The van der Waals surface area contributed by atoms with E-state index in [9.17, 15) is 8.42 Å². The van der Waals surface area contributed by atoms with Crippen LogP contribution in [0.3, 0.4) is 0 Å². The fourth-order valence-corrected chi connectivity index (χ4v) is 3.19. The highest BCUT2D eigenvalue weighted by atomic mass is 32.2. The Morgan fingerprint density at radius 2 is 1.58 bits per heavy atom. The number of sulfonamides is 1. The molecule has 0 fully saturated rings. The summed E-state index contributed by atoms with van der Waals surface area (Å²) in [7, 11) is -3.73. The summed E-state index contributed by atoms with van der Waals surface area (Å²) in [5, 5.41) is 19.9. The molecule has 1 aromatic heterocycles. The molecule has 0 aliphatic heterocycles. The minimum Gasteiger partial charge on any atom is -0.338 e.